The van der Waals surface area contributed by atoms with Crippen LogP contribution in [-0.4, -0.2) is 35.0 Å². The standard InChI is InChI=1S/C15H17BrClNO3/c1-9(2)15(14(20)21)5-6-18(8-15)13(19)11-7-10(16)3-4-12(11)17/h3-4,7,9H,5-6,8H2,1-2H3,(H,20,21). The molecule has 0 aliphatic carbocycles. The second-order valence-corrected chi connectivity index (χ2v) is 7.04. The van der Waals surface area contributed by atoms with Crippen LogP contribution in [0.5, 0.6) is 0 Å². The van der Waals surface area contributed by atoms with Gasteiger partial charge in [-0.15, -0.1) is 0 Å². The predicted octanol–water partition coefficient (Wildman–Crippen LogP) is 3.68. The first-order valence-corrected chi connectivity index (χ1v) is 7.93. The number of likely N-dealkylation sites (tertiary alicyclic amines) is 1. The fourth-order valence-corrected chi connectivity index (χ4v) is 3.29. The van der Waals surface area contributed by atoms with Crippen molar-refractivity contribution in [2.45, 2.75) is 20.3 Å². The van der Waals surface area contributed by atoms with E-state index in [1.54, 1.807) is 23.1 Å². The molecule has 1 unspecified atom stereocenters. The highest BCUT2D eigenvalue weighted by Gasteiger charge is 2.48. The normalized spacial score (nSPS) is 21.9. The minimum Gasteiger partial charge on any atom is -0.481 e. The molecule has 0 bridgehead atoms. The molecule has 0 radical (unpaired) electrons. The molecule has 21 heavy (non-hydrogen) atoms. The molecule has 114 valence electrons. The molecule has 1 aliphatic heterocycles. The number of rotatable bonds is 3. The van der Waals surface area contributed by atoms with Gasteiger partial charge in [0, 0.05) is 17.6 Å². The van der Waals surface area contributed by atoms with E-state index in [1.807, 2.05) is 13.8 Å². The highest BCUT2D eigenvalue weighted by molar-refractivity contribution is 9.10. The molecular formula is C15H17BrClNO3. The number of carbonyl (C=O) groups is 2. The molecule has 1 saturated heterocycles. The molecule has 0 aromatic heterocycles. The van der Waals surface area contributed by atoms with E-state index in [0.717, 1.165) is 4.47 Å². The Labute approximate surface area is 137 Å². The molecule has 1 aromatic rings. The summed E-state index contributed by atoms with van der Waals surface area (Å²) in [6.07, 6.45) is 0.470. The quantitative estimate of drug-likeness (QED) is 0.878. The molecule has 1 amide bonds. The summed E-state index contributed by atoms with van der Waals surface area (Å²) in [7, 11) is 0. The van der Waals surface area contributed by atoms with E-state index >= 15 is 0 Å². The lowest BCUT2D eigenvalue weighted by molar-refractivity contribution is -0.150. The van der Waals surface area contributed by atoms with Crippen molar-refractivity contribution in [3.05, 3.63) is 33.3 Å². The number of hydrogen-bond acceptors (Lipinski definition) is 2. The number of amides is 1. The largest absolute Gasteiger partial charge is 0.481 e. The zero-order valence-corrected chi connectivity index (χ0v) is 14.2. The van der Waals surface area contributed by atoms with Gasteiger partial charge in [0.25, 0.3) is 5.91 Å². The fourth-order valence-electron chi connectivity index (χ4n) is 2.73. The van der Waals surface area contributed by atoms with Gasteiger partial charge in [0.2, 0.25) is 0 Å². The number of hydrogen-bond donors (Lipinski definition) is 1. The van der Waals surface area contributed by atoms with Crippen LogP contribution < -0.4 is 0 Å². The van der Waals surface area contributed by atoms with Gasteiger partial charge in [-0.05, 0) is 30.5 Å². The number of nitrogens with zero attached hydrogens (tertiary/aromatic N) is 1. The van der Waals surface area contributed by atoms with Gasteiger partial charge in [0.15, 0.2) is 0 Å². The smallest absolute Gasteiger partial charge is 0.311 e. The summed E-state index contributed by atoms with van der Waals surface area (Å²) in [6, 6.07) is 5.08. The minimum absolute atomic E-state index is 0.0363. The van der Waals surface area contributed by atoms with Crippen LogP contribution in [-0.2, 0) is 4.79 Å². The van der Waals surface area contributed by atoms with Crippen molar-refractivity contribution in [3.8, 4) is 0 Å². The van der Waals surface area contributed by atoms with Crippen LogP contribution in [0.4, 0.5) is 0 Å². The summed E-state index contributed by atoms with van der Waals surface area (Å²) in [5, 5.41) is 9.91. The first-order chi connectivity index (χ1) is 9.78. The maximum atomic E-state index is 12.6. The van der Waals surface area contributed by atoms with E-state index in [1.165, 1.54) is 0 Å². The van der Waals surface area contributed by atoms with Crippen molar-refractivity contribution in [2.75, 3.05) is 13.1 Å². The molecule has 1 N–H and O–H groups in total. The number of halogens is 2. The summed E-state index contributed by atoms with van der Waals surface area (Å²) in [4.78, 5) is 25.8. The van der Waals surface area contributed by atoms with Gasteiger partial charge in [0.1, 0.15) is 0 Å². The maximum Gasteiger partial charge on any atom is 0.311 e. The van der Waals surface area contributed by atoms with Crippen LogP contribution in [0.25, 0.3) is 0 Å². The third-order valence-electron chi connectivity index (χ3n) is 4.28. The van der Waals surface area contributed by atoms with Gasteiger partial charge >= 0.3 is 5.97 Å². The average molecular weight is 375 g/mol. The second-order valence-electron chi connectivity index (χ2n) is 5.72. The van der Waals surface area contributed by atoms with Crippen molar-refractivity contribution < 1.29 is 14.7 Å². The molecule has 6 heteroatoms. The Morgan fingerprint density at radius 2 is 2.10 bits per heavy atom. The van der Waals surface area contributed by atoms with E-state index in [0.29, 0.717) is 23.6 Å². The zero-order valence-electron chi connectivity index (χ0n) is 11.9. The van der Waals surface area contributed by atoms with Crippen LogP contribution in [0.2, 0.25) is 5.02 Å². The van der Waals surface area contributed by atoms with E-state index in [9.17, 15) is 14.7 Å². The van der Waals surface area contributed by atoms with Crippen LogP contribution in [0.1, 0.15) is 30.6 Å². The molecule has 4 nitrogen and oxygen atoms in total. The van der Waals surface area contributed by atoms with Gasteiger partial charge in [-0.25, -0.2) is 0 Å². The van der Waals surface area contributed by atoms with E-state index < -0.39 is 11.4 Å². The number of carbonyl (C=O) groups excluding carboxylic acids is 1. The van der Waals surface area contributed by atoms with Gasteiger partial charge in [-0.2, -0.15) is 0 Å². The monoisotopic (exact) mass is 373 g/mol. The molecule has 1 heterocycles. The highest BCUT2D eigenvalue weighted by atomic mass is 79.9. The van der Waals surface area contributed by atoms with Crippen LogP contribution >= 0.6 is 27.5 Å². The Bertz CT molecular complexity index is 590. The third kappa shape index (κ3) is 2.94. The van der Waals surface area contributed by atoms with Crippen molar-refractivity contribution >= 4 is 39.4 Å². The maximum absolute atomic E-state index is 12.6. The van der Waals surface area contributed by atoms with Gasteiger partial charge in [0.05, 0.1) is 16.0 Å². The summed E-state index contributed by atoms with van der Waals surface area (Å²) in [5.41, 5.74) is -0.468. The minimum atomic E-state index is -0.867. The molecular weight excluding hydrogens is 358 g/mol. The average Bonchev–Trinajstić information content (AvgIpc) is 2.87. The summed E-state index contributed by atoms with van der Waals surface area (Å²) >= 11 is 9.40. The van der Waals surface area contributed by atoms with Crippen LogP contribution in [0, 0.1) is 11.3 Å². The Hall–Kier alpha value is -1.07. The van der Waals surface area contributed by atoms with Crippen LogP contribution in [0.3, 0.4) is 0 Å². The molecule has 0 saturated carbocycles. The van der Waals surface area contributed by atoms with Crippen molar-refractivity contribution in [2.24, 2.45) is 11.3 Å². The van der Waals surface area contributed by atoms with Gasteiger partial charge < -0.3 is 10.0 Å². The highest BCUT2D eigenvalue weighted by Crippen LogP contribution is 2.39. The topological polar surface area (TPSA) is 57.6 Å². The number of benzene rings is 1. The molecule has 1 atom stereocenters. The number of carboxylic acid groups (broad SMARTS) is 1. The van der Waals surface area contributed by atoms with Gasteiger partial charge in [-0.3, -0.25) is 9.59 Å². The number of carboxylic acids is 1. The molecule has 0 spiro atoms. The van der Waals surface area contributed by atoms with Crippen molar-refractivity contribution in [1.82, 2.24) is 4.90 Å². The second kappa shape index (κ2) is 5.97. The van der Waals surface area contributed by atoms with Crippen molar-refractivity contribution in [1.29, 1.82) is 0 Å². The fraction of sp³-hybridized carbons (Fsp3) is 0.467. The first kappa shape index (κ1) is 16.3. The summed E-state index contributed by atoms with van der Waals surface area (Å²) in [6.45, 7) is 4.43. The lowest BCUT2D eigenvalue weighted by atomic mass is 9.76. The Kier molecular flexibility index (Phi) is 4.63. The summed E-state index contributed by atoms with van der Waals surface area (Å²) < 4.78 is 0.766. The van der Waals surface area contributed by atoms with Crippen molar-refractivity contribution in [3.63, 3.8) is 0 Å². The van der Waals surface area contributed by atoms with E-state index in [4.69, 9.17) is 11.6 Å². The first-order valence-electron chi connectivity index (χ1n) is 6.75. The lowest BCUT2D eigenvalue weighted by Gasteiger charge is -2.28. The number of aliphatic carboxylic acids is 1. The lowest BCUT2D eigenvalue weighted by Crippen LogP contribution is -2.40. The van der Waals surface area contributed by atoms with E-state index in [-0.39, 0.29) is 18.4 Å². The Morgan fingerprint density at radius 1 is 1.43 bits per heavy atom. The Morgan fingerprint density at radius 3 is 2.62 bits per heavy atom. The van der Waals surface area contributed by atoms with Gasteiger partial charge in [-0.1, -0.05) is 41.4 Å². The zero-order chi connectivity index (χ0) is 15.8. The molecule has 1 aromatic carbocycles. The molecule has 1 fully saturated rings. The van der Waals surface area contributed by atoms with Crippen LogP contribution in [0.15, 0.2) is 22.7 Å². The summed E-state index contributed by atoms with van der Waals surface area (Å²) in [5.74, 6) is -1.09. The van der Waals surface area contributed by atoms with E-state index in [2.05, 4.69) is 15.9 Å². The predicted molar refractivity (Wildman–Crippen MR) is 84.6 cm³/mol. The molecule has 1 aliphatic rings. The Balaban J connectivity index is 2.27. The SMILES string of the molecule is CC(C)C1(C(=O)O)CCN(C(=O)c2cc(Br)ccc2Cl)C1. The molecule has 2 rings (SSSR count). The third-order valence-corrected chi connectivity index (χ3v) is 5.10.